The summed E-state index contributed by atoms with van der Waals surface area (Å²) < 4.78 is 16.2. The average molecular weight is 427 g/mol. The first-order valence-corrected chi connectivity index (χ1v) is 9.34. The molecule has 0 unspecified atom stereocenters. The molecule has 3 N–H and O–H groups in total. The standard InChI is InChI=1S/C22H21NO8/c1-12(24)20(22(27)28)23-19(25)11-30-15-6-7-16-17(10-15)31-18(21(16)26)9-13-4-3-5-14(8-13)29-2/h3-10,12,20,24H,11H2,1-2H3,(H,23,25)(H,27,28)/b18-9-/t12-,20-/m1/s1. The van der Waals surface area contributed by atoms with Crippen LogP contribution >= 0.6 is 0 Å². The van der Waals surface area contributed by atoms with Crippen LogP contribution in [-0.4, -0.2) is 53.7 Å². The Morgan fingerprint density at radius 1 is 1.19 bits per heavy atom. The molecule has 0 spiro atoms. The van der Waals surface area contributed by atoms with E-state index < -0.39 is 30.6 Å². The van der Waals surface area contributed by atoms with Crippen LogP contribution in [0.4, 0.5) is 0 Å². The molecule has 1 aliphatic rings. The fourth-order valence-corrected chi connectivity index (χ4v) is 2.89. The van der Waals surface area contributed by atoms with Gasteiger partial charge in [-0.2, -0.15) is 0 Å². The molecule has 0 fully saturated rings. The van der Waals surface area contributed by atoms with Gasteiger partial charge in [0.2, 0.25) is 5.78 Å². The Morgan fingerprint density at radius 2 is 1.97 bits per heavy atom. The van der Waals surface area contributed by atoms with Gasteiger partial charge in [-0.15, -0.1) is 0 Å². The number of aliphatic hydroxyl groups excluding tert-OH is 1. The molecule has 0 bridgehead atoms. The van der Waals surface area contributed by atoms with Crippen LogP contribution in [0.15, 0.2) is 48.2 Å². The Bertz CT molecular complexity index is 1040. The van der Waals surface area contributed by atoms with Crippen molar-refractivity contribution in [1.82, 2.24) is 5.32 Å². The van der Waals surface area contributed by atoms with E-state index >= 15 is 0 Å². The van der Waals surface area contributed by atoms with E-state index in [0.29, 0.717) is 11.3 Å². The third-order valence-electron chi connectivity index (χ3n) is 4.47. The van der Waals surface area contributed by atoms with Gasteiger partial charge in [-0.1, -0.05) is 12.1 Å². The number of nitrogens with one attached hydrogen (secondary N) is 1. The number of hydrogen-bond acceptors (Lipinski definition) is 7. The molecule has 0 radical (unpaired) electrons. The molecule has 0 aliphatic carbocycles. The van der Waals surface area contributed by atoms with Crippen molar-refractivity contribution in [3.05, 3.63) is 59.4 Å². The maximum absolute atomic E-state index is 12.6. The summed E-state index contributed by atoms with van der Waals surface area (Å²) in [6, 6.07) is 10.2. The minimum atomic E-state index is -1.44. The summed E-state index contributed by atoms with van der Waals surface area (Å²) in [6.07, 6.45) is 0.330. The molecule has 1 heterocycles. The second-order valence-corrected chi connectivity index (χ2v) is 6.79. The molecule has 1 aliphatic heterocycles. The number of carbonyl (C=O) groups excluding carboxylic acids is 2. The Kier molecular flexibility index (Phi) is 6.56. The maximum atomic E-state index is 12.6. The number of carboxylic acids is 1. The Morgan fingerprint density at radius 3 is 2.65 bits per heavy atom. The van der Waals surface area contributed by atoms with Crippen LogP contribution in [0.1, 0.15) is 22.8 Å². The van der Waals surface area contributed by atoms with Crippen molar-refractivity contribution in [2.45, 2.75) is 19.1 Å². The molecule has 162 valence electrons. The first kappa shape index (κ1) is 21.8. The van der Waals surface area contributed by atoms with E-state index in [2.05, 4.69) is 5.32 Å². The summed E-state index contributed by atoms with van der Waals surface area (Å²) in [6.45, 7) is 0.779. The summed E-state index contributed by atoms with van der Waals surface area (Å²) in [4.78, 5) is 35.5. The van der Waals surface area contributed by atoms with Crippen LogP contribution in [0.25, 0.3) is 6.08 Å². The number of aliphatic hydroxyl groups is 1. The lowest BCUT2D eigenvalue weighted by Gasteiger charge is -2.17. The van der Waals surface area contributed by atoms with Gasteiger partial charge in [-0.05, 0) is 42.8 Å². The highest BCUT2D eigenvalue weighted by molar-refractivity contribution is 6.14. The molecule has 0 saturated carbocycles. The molecular weight excluding hydrogens is 406 g/mol. The van der Waals surface area contributed by atoms with Crippen molar-refractivity contribution >= 4 is 23.7 Å². The highest BCUT2D eigenvalue weighted by Gasteiger charge is 2.28. The maximum Gasteiger partial charge on any atom is 0.328 e. The van der Waals surface area contributed by atoms with Crippen LogP contribution in [0.2, 0.25) is 0 Å². The lowest BCUT2D eigenvalue weighted by atomic mass is 10.1. The molecule has 0 aromatic heterocycles. The Labute approximate surface area is 177 Å². The monoisotopic (exact) mass is 427 g/mol. The Hall–Kier alpha value is -3.85. The first-order chi connectivity index (χ1) is 14.8. The average Bonchev–Trinajstić information content (AvgIpc) is 3.04. The molecule has 9 nitrogen and oxygen atoms in total. The summed E-state index contributed by atoms with van der Waals surface area (Å²) in [5, 5.41) is 20.6. The molecule has 0 saturated heterocycles. The largest absolute Gasteiger partial charge is 0.497 e. The summed E-state index contributed by atoms with van der Waals surface area (Å²) in [5.74, 6) is -1.04. The van der Waals surface area contributed by atoms with Gasteiger partial charge in [0.1, 0.15) is 17.2 Å². The van der Waals surface area contributed by atoms with E-state index in [0.717, 1.165) is 5.56 Å². The number of methoxy groups -OCH3 is 1. The topological polar surface area (TPSA) is 131 Å². The van der Waals surface area contributed by atoms with E-state index in [-0.39, 0.29) is 23.0 Å². The van der Waals surface area contributed by atoms with Gasteiger partial charge >= 0.3 is 5.97 Å². The number of allylic oxidation sites excluding steroid dienone is 1. The number of rotatable bonds is 8. The van der Waals surface area contributed by atoms with E-state index in [4.69, 9.17) is 19.3 Å². The number of ether oxygens (including phenoxy) is 3. The smallest absolute Gasteiger partial charge is 0.328 e. The summed E-state index contributed by atoms with van der Waals surface area (Å²) in [5.41, 5.74) is 1.08. The van der Waals surface area contributed by atoms with Gasteiger partial charge in [0.15, 0.2) is 18.4 Å². The molecular formula is C22H21NO8. The number of carbonyl (C=O) groups is 3. The third-order valence-corrected chi connectivity index (χ3v) is 4.47. The van der Waals surface area contributed by atoms with Gasteiger partial charge in [0, 0.05) is 6.07 Å². The number of aliphatic carboxylic acids is 1. The lowest BCUT2D eigenvalue weighted by Crippen LogP contribution is -2.49. The number of hydrogen-bond donors (Lipinski definition) is 3. The zero-order chi connectivity index (χ0) is 22.5. The summed E-state index contributed by atoms with van der Waals surface area (Å²) >= 11 is 0. The number of amides is 1. The third kappa shape index (κ3) is 5.20. The van der Waals surface area contributed by atoms with Crippen molar-refractivity contribution in [1.29, 1.82) is 0 Å². The van der Waals surface area contributed by atoms with E-state index in [9.17, 15) is 19.5 Å². The second kappa shape index (κ2) is 9.31. The van der Waals surface area contributed by atoms with Crippen LogP contribution in [0, 0.1) is 0 Å². The van der Waals surface area contributed by atoms with Crippen molar-refractivity contribution in [3.8, 4) is 17.2 Å². The lowest BCUT2D eigenvalue weighted by molar-refractivity contribution is -0.145. The van der Waals surface area contributed by atoms with Gasteiger partial charge in [-0.3, -0.25) is 9.59 Å². The normalized spacial score (nSPS) is 15.6. The minimum absolute atomic E-state index is 0.138. The van der Waals surface area contributed by atoms with Crippen LogP contribution in [0.5, 0.6) is 17.2 Å². The van der Waals surface area contributed by atoms with Crippen LogP contribution in [-0.2, 0) is 9.59 Å². The molecule has 2 aromatic rings. The second-order valence-electron chi connectivity index (χ2n) is 6.79. The molecule has 1 amide bonds. The summed E-state index contributed by atoms with van der Waals surface area (Å²) in [7, 11) is 1.55. The van der Waals surface area contributed by atoms with Crippen molar-refractivity contribution in [2.75, 3.05) is 13.7 Å². The molecule has 3 rings (SSSR count). The highest BCUT2D eigenvalue weighted by atomic mass is 16.5. The van der Waals surface area contributed by atoms with E-state index in [1.807, 2.05) is 0 Å². The van der Waals surface area contributed by atoms with Crippen LogP contribution in [0.3, 0.4) is 0 Å². The number of ketones is 1. The van der Waals surface area contributed by atoms with Gasteiger partial charge in [0.25, 0.3) is 5.91 Å². The van der Waals surface area contributed by atoms with Gasteiger partial charge < -0.3 is 29.7 Å². The zero-order valence-electron chi connectivity index (χ0n) is 16.8. The first-order valence-electron chi connectivity index (χ1n) is 9.34. The number of Topliss-reactive ketones (excluding diaryl/α,β-unsaturated/α-hetero) is 1. The van der Waals surface area contributed by atoms with Gasteiger partial charge in [-0.25, -0.2) is 4.79 Å². The number of benzene rings is 2. The predicted molar refractivity (Wildman–Crippen MR) is 109 cm³/mol. The molecule has 31 heavy (non-hydrogen) atoms. The molecule has 2 aromatic carbocycles. The van der Waals surface area contributed by atoms with E-state index in [1.54, 1.807) is 37.5 Å². The zero-order valence-corrected chi connectivity index (χ0v) is 16.8. The van der Waals surface area contributed by atoms with Crippen molar-refractivity contribution < 1.29 is 38.8 Å². The quantitative estimate of drug-likeness (QED) is 0.542. The van der Waals surface area contributed by atoms with E-state index in [1.165, 1.54) is 25.1 Å². The number of fused-ring (bicyclic) bond motifs is 1. The Balaban J connectivity index is 1.67. The minimum Gasteiger partial charge on any atom is -0.497 e. The fourth-order valence-electron chi connectivity index (χ4n) is 2.89. The van der Waals surface area contributed by atoms with Gasteiger partial charge in [0.05, 0.1) is 18.8 Å². The van der Waals surface area contributed by atoms with Crippen LogP contribution < -0.4 is 19.5 Å². The van der Waals surface area contributed by atoms with Crippen molar-refractivity contribution in [3.63, 3.8) is 0 Å². The number of carboxylic acid groups (broad SMARTS) is 1. The SMILES string of the molecule is COc1cccc(/C=C2\Oc3cc(OCC(=O)N[C@@H](C(=O)O)[C@@H](C)O)ccc3C2=O)c1. The molecule has 9 heteroatoms. The fraction of sp³-hybridized carbons (Fsp3) is 0.227. The van der Waals surface area contributed by atoms with Crippen molar-refractivity contribution in [2.24, 2.45) is 0 Å². The molecule has 2 atom stereocenters. The highest BCUT2D eigenvalue weighted by Crippen LogP contribution is 2.35. The predicted octanol–water partition coefficient (Wildman–Crippen LogP) is 1.64.